The van der Waals surface area contributed by atoms with Crippen molar-refractivity contribution < 1.29 is 0 Å². The summed E-state index contributed by atoms with van der Waals surface area (Å²) in [5, 5.41) is 0. The third kappa shape index (κ3) is 2.07. The zero-order valence-corrected chi connectivity index (χ0v) is 8.24. The van der Waals surface area contributed by atoms with Crippen LogP contribution in [-0.4, -0.2) is 16.7 Å². The molecule has 0 bridgehead atoms. The van der Waals surface area contributed by atoms with Gasteiger partial charge in [0.05, 0.1) is 11.4 Å². The van der Waals surface area contributed by atoms with Crippen LogP contribution in [-0.2, 0) is 0 Å². The van der Waals surface area contributed by atoms with Gasteiger partial charge in [0.25, 0.3) is 0 Å². The molecule has 0 aliphatic carbocycles. The summed E-state index contributed by atoms with van der Waals surface area (Å²) >= 11 is 0. The second-order valence-corrected chi connectivity index (χ2v) is 3.09. The standard InChI is InChI=1S/C12H11N3/c1-13-12(10-6-2-4-8-14-10)11-7-3-5-9-15-11/h2-9,12H,1H2. The number of aliphatic imine (C=N–C) groups is 1. The lowest BCUT2D eigenvalue weighted by atomic mass is 10.1. The summed E-state index contributed by atoms with van der Waals surface area (Å²) in [6, 6.07) is 11.3. The van der Waals surface area contributed by atoms with Crippen LogP contribution in [0.5, 0.6) is 0 Å². The number of rotatable bonds is 3. The molecular weight excluding hydrogens is 186 g/mol. The minimum absolute atomic E-state index is 0.174. The van der Waals surface area contributed by atoms with Crippen molar-refractivity contribution >= 4 is 6.72 Å². The number of pyridine rings is 2. The lowest BCUT2D eigenvalue weighted by Crippen LogP contribution is -2.01. The van der Waals surface area contributed by atoms with E-state index in [0.29, 0.717) is 0 Å². The highest BCUT2D eigenvalue weighted by molar-refractivity contribution is 5.31. The molecular formula is C12H11N3. The lowest BCUT2D eigenvalue weighted by molar-refractivity contribution is 0.803. The van der Waals surface area contributed by atoms with Gasteiger partial charge < -0.3 is 0 Å². The maximum Gasteiger partial charge on any atom is 0.133 e. The predicted molar refractivity (Wildman–Crippen MR) is 59.9 cm³/mol. The minimum Gasteiger partial charge on any atom is -0.285 e. The lowest BCUT2D eigenvalue weighted by Gasteiger charge is -2.09. The Labute approximate surface area is 88.6 Å². The van der Waals surface area contributed by atoms with Crippen LogP contribution in [0, 0.1) is 0 Å². The third-order valence-electron chi connectivity index (χ3n) is 2.12. The molecule has 0 amide bonds. The van der Waals surface area contributed by atoms with Crippen LogP contribution in [0.15, 0.2) is 53.8 Å². The molecule has 2 rings (SSSR count). The highest BCUT2D eigenvalue weighted by atomic mass is 14.9. The van der Waals surface area contributed by atoms with E-state index in [1.54, 1.807) is 12.4 Å². The van der Waals surface area contributed by atoms with Crippen LogP contribution in [0.4, 0.5) is 0 Å². The predicted octanol–water partition coefficient (Wildman–Crippen LogP) is 2.27. The van der Waals surface area contributed by atoms with Crippen LogP contribution >= 0.6 is 0 Å². The fraction of sp³-hybridized carbons (Fsp3) is 0.0833. The van der Waals surface area contributed by atoms with Gasteiger partial charge >= 0.3 is 0 Å². The SMILES string of the molecule is C=NC(c1ccccn1)c1ccccn1. The Morgan fingerprint density at radius 2 is 1.47 bits per heavy atom. The van der Waals surface area contributed by atoms with E-state index >= 15 is 0 Å². The largest absolute Gasteiger partial charge is 0.285 e. The van der Waals surface area contributed by atoms with E-state index in [0.717, 1.165) is 11.4 Å². The molecule has 0 aliphatic heterocycles. The van der Waals surface area contributed by atoms with E-state index in [9.17, 15) is 0 Å². The van der Waals surface area contributed by atoms with Crippen LogP contribution in [0.1, 0.15) is 17.4 Å². The van der Waals surface area contributed by atoms with E-state index in [-0.39, 0.29) is 6.04 Å². The van der Waals surface area contributed by atoms with Gasteiger partial charge in [0.1, 0.15) is 6.04 Å². The topological polar surface area (TPSA) is 38.1 Å². The normalized spacial score (nSPS) is 10.2. The molecule has 3 nitrogen and oxygen atoms in total. The van der Waals surface area contributed by atoms with Crippen molar-refractivity contribution in [3.63, 3.8) is 0 Å². The first-order chi connectivity index (χ1) is 7.42. The zero-order chi connectivity index (χ0) is 10.5. The summed E-state index contributed by atoms with van der Waals surface area (Å²) in [7, 11) is 0. The second-order valence-electron chi connectivity index (χ2n) is 3.09. The molecule has 0 spiro atoms. The van der Waals surface area contributed by atoms with Gasteiger partial charge in [0.15, 0.2) is 0 Å². The van der Waals surface area contributed by atoms with Crippen molar-refractivity contribution in [1.29, 1.82) is 0 Å². The van der Waals surface area contributed by atoms with Crippen molar-refractivity contribution in [3.8, 4) is 0 Å². The van der Waals surface area contributed by atoms with Crippen molar-refractivity contribution in [2.45, 2.75) is 6.04 Å². The van der Waals surface area contributed by atoms with Crippen molar-refractivity contribution in [2.24, 2.45) is 4.99 Å². The van der Waals surface area contributed by atoms with E-state index in [1.165, 1.54) is 0 Å². The monoisotopic (exact) mass is 197 g/mol. The molecule has 3 heteroatoms. The molecule has 15 heavy (non-hydrogen) atoms. The molecule has 0 fully saturated rings. The van der Waals surface area contributed by atoms with Crippen LogP contribution in [0.3, 0.4) is 0 Å². The third-order valence-corrected chi connectivity index (χ3v) is 2.12. The fourth-order valence-electron chi connectivity index (χ4n) is 1.41. The molecule has 2 aromatic heterocycles. The van der Waals surface area contributed by atoms with Gasteiger partial charge in [-0.25, -0.2) is 0 Å². The highest BCUT2D eigenvalue weighted by Gasteiger charge is 2.12. The van der Waals surface area contributed by atoms with Gasteiger partial charge in [-0.2, -0.15) is 0 Å². The van der Waals surface area contributed by atoms with E-state index in [1.807, 2.05) is 36.4 Å². The number of hydrogen-bond donors (Lipinski definition) is 0. The molecule has 74 valence electrons. The molecule has 0 aliphatic rings. The van der Waals surface area contributed by atoms with Crippen LogP contribution in [0.2, 0.25) is 0 Å². The van der Waals surface area contributed by atoms with Gasteiger partial charge in [0, 0.05) is 12.4 Å². The summed E-state index contributed by atoms with van der Waals surface area (Å²) in [5.74, 6) is 0. The second kappa shape index (κ2) is 4.46. The maximum atomic E-state index is 4.25. The minimum atomic E-state index is -0.174. The van der Waals surface area contributed by atoms with Gasteiger partial charge in [-0.3, -0.25) is 15.0 Å². The average Bonchev–Trinajstić information content (AvgIpc) is 2.33. The van der Waals surface area contributed by atoms with Crippen LogP contribution < -0.4 is 0 Å². The number of aromatic nitrogens is 2. The molecule has 0 radical (unpaired) electrons. The first-order valence-corrected chi connectivity index (χ1v) is 4.69. The van der Waals surface area contributed by atoms with E-state index in [2.05, 4.69) is 21.7 Å². The number of hydrogen-bond acceptors (Lipinski definition) is 3. The molecule has 2 heterocycles. The quantitative estimate of drug-likeness (QED) is 0.708. The summed E-state index contributed by atoms with van der Waals surface area (Å²) in [4.78, 5) is 12.6. The Kier molecular flexibility index (Phi) is 2.83. The molecule has 0 aromatic carbocycles. The Bertz CT molecular complexity index is 386. The Morgan fingerprint density at radius 1 is 0.933 bits per heavy atom. The summed E-state index contributed by atoms with van der Waals surface area (Å²) in [6.07, 6.45) is 3.49. The Hall–Kier alpha value is -2.03. The molecule has 0 saturated heterocycles. The molecule has 0 unspecified atom stereocenters. The van der Waals surface area contributed by atoms with Crippen molar-refractivity contribution in [2.75, 3.05) is 0 Å². The molecule has 0 atom stereocenters. The molecule has 0 saturated carbocycles. The fourth-order valence-corrected chi connectivity index (χ4v) is 1.41. The number of nitrogens with zero attached hydrogens (tertiary/aromatic N) is 3. The van der Waals surface area contributed by atoms with E-state index in [4.69, 9.17) is 0 Å². The van der Waals surface area contributed by atoms with Gasteiger partial charge in [0.2, 0.25) is 0 Å². The highest BCUT2D eigenvalue weighted by Crippen LogP contribution is 2.21. The maximum absolute atomic E-state index is 4.25. The molecule has 2 aromatic rings. The van der Waals surface area contributed by atoms with Gasteiger partial charge in [-0.15, -0.1) is 0 Å². The average molecular weight is 197 g/mol. The molecule has 0 N–H and O–H groups in total. The first kappa shape index (κ1) is 9.52. The van der Waals surface area contributed by atoms with Gasteiger partial charge in [-0.05, 0) is 31.0 Å². The summed E-state index contributed by atoms with van der Waals surface area (Å²) in [5.41, 5.74) is 1.73. The van der Waals surface area contributed by atoms with Crippen molar-refractivity contribution in [1.82, 2.24) is 9.97 Å². The Balaban J connectivity index is 2.38. The first-order valence-electron chi connectivity index (χ1n) is 4.69. The van der Waals surface area contributed by atoms with Crippen molar-refractivity contribution in [3.05, 3.63) is 60.2 Å². The van der Waals surface area contributed by atoms with Gasteiger partial charge in [-0.1, -0.05) is 12.1 Å². The van der Waals surface area contributed by atoms with Crippen LogP contribution in [0.25, 0.3) is 0 Å². The van der Waals surface area contributed by atoms with E-state index < -0.39 is 0 Å². The Morgan fingerprint density at radius 3 is 1.80 bits per heavy atom. The summed E-state index contributed by atoms with van der Waals surface area (Å²) in [6.45, 7) is 3.58. The zero-order valence-electron chi connectivity index (χ0n) is 8.24. The smallest absolute Gasteiger partial charge is 0.133 e. The summed E-state index contributed by atoms with van der Waals surface area (Å²) < 4.78 is 0.